The van der Waals surface area contributed by atoms with Gasteiger partial charge in [0, 0.05) is 42.3 Å². The molecule has 326 valence electrons. The Morgan fingerprint density at radius 1 is 0.800 bits per heavy atom. The van der Waals surface area contributed by atoms with E-state index in [4.69, 9.17) is 9.47 Å². The molecular formula is C54H49N5O6. The van der Waals surface area contributed by atoms with E-state index in [1.807, 2.05) is 133 Å². The Morgan fingerprint density at radius 2 is 1.46 bits per heavy atom. The van der Waals surface area contributed by atoms with Crippen LogP contribution in [-0.2, 0) is 35.8 Å². The van der Waals surface area contributed by atoms with Gasteiger partial charge in [-0.05, 0) is 89.5 Å². The summed E-state index contributed by atoms with van der Waals surface area (Å²) < 4.78 is 12.1. The molecule has 6 atom stereocenters. The summed E-state index contributed by atoms with van der Waals surface area (Å²) in [5.74, 6) is 3.85. The molecule has 4 aliphatic heterocycles. The third kappa shape index (κ3) is 7.80. The van der Waals surface area contributed by atoms with Gasteiger partial charge in [0.2, 0.25) is 11.8 Å². The average molecular weight is 864 g/mol. The minimum Gasteiger partial charge on any atom is -0.508 e. The van der Waals surface area contributed by atoms with Crippen molar-refractivity contribution in [2.75, 3.05) is 55.4 Å². The number of nitrogens with zero attached hydrogens (tertiary/aromatic N) is 3. The number of phenolic OH excluding ortho intramolecular Hbond substituents is 1. The standard InChI is InChI=1S/C54H49N5O6/c1-57(35-37-12-5-2-6-13-37)29-11-14-36-19-28-45-44(34-36)54(53(63)56-45)46(51(61)55-41-22-24-42(25-23-41)58-30-32-64-33-31-58)48-52(62)65-49(39-17-9-4-10-18-39)47(38-15-7-3-8-16-38)59(48)50(54)40-20-26-43(60)27-21-40/h2-10,12-13,15-28,34,46-50,60H,29-33,35H2,1H3,(H,55,61)(H,56,63)/t46-,47-,48-,49+,50+,54-/m0/s1. The summed E-state index contributed by atoms with van der Waals surface area (Å²) in [7, 11) is 2.02. The second-order valence-corrected chi connectivity index (χ2v) is 17.2. The zero-order valence-corrected chi connectivity index (χ0v) is 36.0. The van der Waals surface area contributed by atoms with Gasteiger partial charge in [-0.3, -0.25) is 24.2 Å². The molecule has 3 N–H and O–H groups in total. The smallest absolute Gasteiger partial charge is 0.324 e. The minimum absolute atomic E-state index is 0.0399. The van der Waals surface area contributed by atoms with Crippen LogP contribution in [0.15, 0.2) is 158 Å². The number of cyclic esters (lactones) is 1. The lowest BCUT2D eigenvalue weighted by Crippen LogP contribution is -2.53. The van der Waals surface area contributed by atoms with Crippen molar-refractivity contribution in [3.63, 3.8) is 0 Å². The Labute approximate surface area is 378 Å². The summed E-state index contributed by atoms with van der Waals surface area (Å²) in [4.78, 5) is 52.7. The maximum absolute atomic E-state index is 15.6. The second kappa shape index (κ2) is 17.7. The molecular weight excluding hydrogens is 815 g/mol. The van der Waals surface area contributed by atoms with E-state index in [0.29, 0.717) is 47.8 Å². The molecule has 0 unspecified atom stereocenters. The van der Waals surface area contributed by atoms with Crippen LogP contribution < -0.4 is 15.5 Å². The number of aromatic hydroxyl groups is 1. The van der Waals surface area contributed by atoms with Crippen LogP contribution in [0.2, 0.25) is 0 Å². The van der Waals surface area contributed by atoms with Gasteiger partial charge in [0.25, 0.3) is 0 Å². The van der Waals surface area contributed by atoms with E-state index < -0.39 is 53.3 Å². The molecule has 3 fully saturated rings. The first-order chi connectivity index (χ1) is 31.8. The van der Waals surface area contributed by atoms with Crippen molar-refractivity contribution < 1.29 is 29.0 Å². The number of amides is 2. The number of hydrogen-bond acceptors (Lipinski definition) is 9. The number of rotatable bonds is 9. The van der Waals surface area contributed by atoms with Crippen LogP contribution in [0, 0.1) is 17.8 Å². The largest absolute Gasteiger partial charge is 0.508 e. The lowest BCUT2D eigenvalue weighted by molar-refractivity contribution is -0.177. The fourth-order valence-corrected chi connectivity index (χ4v) is 10.4. The monoisotopic (exact) mass is 863 g/mol. The van der Waals surface area contributed by atoms with Crippen LogP contribution in [0.4, 0.5) is 17.1 Å². The Balaban J connectivity index is 1.14. The summed E-state index contributed by atoms with van der Waals surface area (Å²) in [5, 5.41) is 17.0. The van der Waals surface area contributed by atoms with Gasteiger partial charge in [0.15, 0.2) is 0 Å². The molecule has 4 aliphatic rings. The van der Waals surface area contributed by atoms with Gasteiger partial charge >= 0.3 is 5.97 Å². The number of fused-ring (bicyclic) bond motifs is 3. The Morgan fingerprint density at radius 3 is 2.15 bits per heavy atom. The Kier molecular flexibility index (Phi) is 11.4. The number of hydrogen-bond donors (Lipinski definition) is 3. The molecule has 6 aromatic rings. The number of esters is 1. The Bertz CT molecular complexity index is 2750. The normalized spacial score (nSPS) is 23.5. The fourth-order valence-electron chi connectivity index (χ4n) is 10.4. The predicted molar refractivity (Wildman–Crippen MR) is 249 cm³/mol. The zero-order chi connectivity index (χ0) is 44.5. The average Bonchev–Trinajstić information content (AvgIpc) is 3.82. The van der Waals surface area contributed by atoms with Crippen molar-refractivity contribution in [1.82, 2.24) is 9.80 Å². The molecule has 1 spiro atoms. The van der Waals surface area contributed by atoms with E-state index >= 15 is 14.4 Å². The Hall–Kier alpha value is -7.23. The second-order valence-electron chi connectivity index (χ2n) is 17.2. The van der Waals surface area contributed by atoms with Gasteiger partial charge in [-0.15, -0.1) is 0 Å². The lowest BCUT2D eigenvalue weighted by Gasteiger charge is -2.46. The lowest BCUT2D eigenvalue weighted by atomic mass is 9.65. The maximum Gasteiger partial charge on any atom is 0.324 e. The van der Waals surface area contributed by atoms with Crippen LogP contribution >= 0.6 is 0 Å². The van der Waals surface area contributed by atoms with Crippen LogP contribution in [0.3, 0.4) is 0 Å². The molecule has 65 heavy (non-hydrogen) atoms. The number of phenols is 1. The molecule has 2 amide bonds. The first-order valence-corrected chi connectivity index (χ1v) is 22.1. The number of morpholine rings is 2. The number of carbonyl (C=O) groups excluding carboxylic acids is 3. The van der Waals surface area contributed by atoms with E-state index in [-0.39, 0.29) is 5.75 Å². The molecule has 0 aliphatic carbocycles. The van der Waals surface area contributed by atoms with Gasteiger partial charge in [-0.2, -0.15) is 0 Å². The summed E-state index contributed by atoms with van der Waals surface area (Å²) in [6.07, 6.45) is -0.803. The fraction of sp³-hybridized carbons (Fsp3) is 0.241. The molecule has 3 saturated heterocycles. The molecule has 0 bridgehead atoms. The third-order valence-corrected chi connectivity index (χ3v) is 13.2. The minimum atomic E-state index is -1.70. The van der Waals surface area contributed by atoms with Crippen LogP contribution in [0.5, 0.6) is 5.75 Å². The third-order valence-electron chi connectivity index (χ3n) is 13.2. The van der Waals surface area contributed by atoms with Crippen LogP contribution in [0.1, 0.15) is 51.6 Å². The van der Waals surface area contributed by atoms with E-state index in [0.717, 1.165) is 36.4 Å². The first kappa shape index (κ1) is 41.8. The van der Waals surface area contributed by atoms with Crippen molar-refractivity contribution in [2.45, 2.75) is 36.2 Å². The number of benzene rings is 6. The highest BCUT2D eigenvalue weighted by molar-refractivity contribution is 6.13. The molecule has 11 nitrogen and oxygen atoms in total. The molecule has 0 saturated carbocycles. The summed E-state index contributed by atoms with van der Waals surface area (Å²) in [6, 6.07) is 46.7. The van der Waals surface area contributed by atoms with Gasteiger partial charge in [0.05, 0.1) is 37.8 Å². The van der Waals surface area contributed by atoms with Crippen LogP contribution in [-0.4, -0.2) is 78.6 Å². The highest BCUT2D eigenvalue weighted by Gasteiger charge is 2.74. The zero-order valence-electron chi connectivity index (χ0n) is 36.0. The SMILES string of the molecule is CN(CC#Cc1ccc2c(c1)[C@]1(C(=O)N2)[C@H](C(=O)Nc2ccc(N3CCOCC3)cc2)[C@H]2C(=O)O[C@H](c3ccccc3)[C@H](c3ccccc3)N2[C@@H]1c1ccc(O)cc1)Cc1ccccc1. The number of anilines is 3. The van der Waals surface area contributed by atoms with Crippen molar-refractivity contribution >= 4 is 34.8 Å². The maximum atomic E-state index is 15.6. The molecule has 4 heterocycles. The van der Waals surface area contributed by atoms with Crippen LogP contribution in [0.25, 0.3) is 0 Å². The highest BCUT2D eigenvalue weighted by Crippen LogP contribution is 2.65. The summed E-state index contributed by atoms with van der Waals surface area (Å²) >= 11 is 0. The number of ether oxygens (including phenoxy) is 2. The van der Waals surface area contributed by atoms with E-state index in [1.165, 1.54) is 5.56 Å². The molecule has 0 radical (unpaired) electrons. The number of carbonyl (C=O) groups is 3. The number of nitrogens with one attached hydrogen (secondary N) is 2. The summed E-state index contributed by atoms with van der Waals surface area (Å²) in [6.45, 7) is 3.99. The summed E-state index contributed by atoms with van der Waals surface area (Å²) in [5.41, 5.74) is 4.99. The van der Waals surface area contributed by atoms with Crippen molar-refractivity contribution in [1.29, 1.82) is 0 Å². The van der Waals surface area contributed by atoms with Gasteiger partial charge in [-0.25, -0.2) is 0 Å². The van der Waals surface area contributed by atoms with Gasteiger partial charge < -0.3 is 30.1 Å². The highest BCUT2D eigenvalue weighted by atomic mass is 16.6. The van der Waals surface area contributed by atoms with Crippen molar-refractivity contribution in [3.05, 3.63) is 191 Å². The molecule has 11 heteroatoms. The predicted octanol–water partition coefficient (Wildman–Crippen LogP) is 7.62. The topological polar surface area (TPSA) is 124 Å². The van der Waals surface area contributed by atoms with Gasteiger partial charge in [-0.1, -0.05) is 115 Å². The quantitative estimate of drug-likeness (QED) is 0.0996. The van der Waals surface area contributed by atoms with Crippen molar-refractivity contribution in [3.8, 4) is 17.6 Å². The molecule has 10 rings (SSSR count). The van der Waals surface area contributed by atoms with E-state index in [1.54, 1.807) is 24.3 Å². The molecule has 0 aromatic heterocycles. The van der Waals surface area contributed by atoms with Gasteiger partial charge in [0.1, 0.15) is 23.3 Å². The van der Waals surface area contributed by atoms with Crippen molar-refractivity contribution in [2.24, 2.45) is 5.92 Å². The molecule has 6 aromatic carbocycles. The first-order valence-electron chi connectivity index (χ1n) is 22.1. The van der Waals surface area contributed by atoms with E-state index in [2.05, 4.69) is 44.4 Å². The van der Waals surface area contributed by atoms with E-state index in [9.17, 15) is 5.11 Å².